The van der Waals surface area contributed by atoms with Gasteiger partial charge in [0.1, 0.15) is 5.69 Å². The van der Waals surface area contributed by atoms with Crippen LogP contribution in [0.3, 0.4) is 0 Å². The van der Waals surface area contributed by atoms with E-state index in [0.717, 1.165) is 0 Å². The molecule has 0 saturated heterocycles. The Morgan fingerprint density at radius 1 is 1.35 bits per heavy atom. The average molecular weight is 234 g/mol. The van der Waals surface area contributed by atoms with Crippen LogP contribution in [0, 0.1) is 0 Å². The number of imidazole rings is 1. The summed E-state index contributed by atoms with van der Waals surface area (Å²) in [5.74, 6) is -0.943. The topological polar surface area (TPSA) is 74.3 Å². The fourth-order valence-corrected chi connectivity index (χ4v) is 1.33. The third-order valence-corrected chi connectivity index (χ3v) is 2.15. The maximum atomic E-state index is 11.9. The van der Waals surface area contributed by atoms with Crippen molar-refractivity contribution in [3.8, 4) is 0 Å². The normalized spacial score (nSPS) is 10.2. The van der Waals surface area contributed by atoms with Gasteiger partial charge in [-0.2, -0.15) is 0 Å². The summed E-state index contributed by atoms with van der Waals surface area (Å²) in [4.78, 5) is 26.9. The molecule has 0 aliphatic rings. The van der Waals surface area contributed by atoms with E-state index < -0.39 is 5.97 Å². The zero-order chi connectivity index (χ0) is 12.4. The second kappa shape index (κ2) is 4.25. The SMILES string of the molecule is COC(=O)c1ccc(C(=O)c2cn(C)cn2)o1. The number of hydrogen-bond donors (Lipinski definition) is 0. The van der Waals surface area contributed by atoms with E-state index in [1.54, 1.807) is 17.8 Å². The molecule has 6 nitrogen and oxygen atoms in total. The van der Waals surface area contributed by atoms with Crippen LogP contribution in [-0.4, -0.2) is 28.4 Å². The first kappa shape index (κ1) is 11.1. The molecule has 0 fully saturated rings. The molecule has 0 amide bonds. The second-order valence-corrected chi connectivity index (χ2v) is 3.41. The van der Waals surface area contributed by atoms with Gasteiger partial charge >= 0.3 is 5.97 Å². The van der Waals surface area contributed by atoms with Crippen LogP contribution in [0.2, 0.25) is 0 Å². The maximum absolute atomic E-state index is 11.9. The van der Waals surface area contributed by atoms with Gasteiger partial charge in [0.25, 0.3) is 0 Å². The molecule has 17 heavy (non-hydrogen) atoms. The number of nitrogens with zero attached hydrogens (tertiary/aromatic N) is 2. The van der Waals surface area contributed by atoms with E-state index in [1.165, 1.54) is 25.6 Å². The van der Waals surface area contributed by atoms with E-state index in [4.69, 9.17) is 4.42 Å². The number of ketones is 1. The van der Waals surface area contributed by atoms with Gasteiger partial charge in [-0.15, -0.1) is 0 Å². The number of aryl methyl sites for hydroxylation is 1. The first-order valence-corrected chi connectivity index (χ1v) is 4.82. The highest BCUT2D eigenvalue weighted by molar-refractivity contribution is 6.06. The molecule has 6 heteroatoms. The van der Waals surface area contributed by atoms with Crippen molar-refractivity contribution in [1.82, 2.24) is 9.55 Å². The molecule has 0 aliphatic heterocycles. The number of furan rings is 1. The zero-order valence-electron chi connectivity index (χ0n) is 9.34. The summed E-state index contributed by atoms with van der Waals surface area (Å²) in [6, 6.07) is 2.81. The first-order valence-electron chi connectivity index (χ1n) is 4.82. The van der Waals surface area contributed by atoms with Gasteiger partial charge in [-0.3, -0.25) is 4.79 Å². The highest BCUT2D eigenvalue weighted by atomic mass is 16.5. The number of ether oxygens (including phenoxy) is 1. The summed E-state index contributed by atoms with van der Waals surface area (Å²) < 4.78 is 11.2. The predicted octanol–water partition coefficient (Wildman–Crippen LogP) is 1.03. The number of esters is 1. The van der Waals surface area contributed by atoms with Crippen molar-refractivity contribution in [2.75, 3.05) is 7.11 Å². The first-order chi connectivity index (χ1) is 8.11. The molecule has 2 aromatic heterocycles. The number of carbonyl (C=O) groups is 2. The number of aromatic nitrogens is 2. The van der Waals surface area contributed by atoms with Gasteiger partial charge in [0.2, 0.25) is 11.5 Å². The van der Waals surface area contributed by atoms with Gasteiger partial charge < -0.3 is 13.7 Å². The summed E-state index contributed by atoms with van der Waals surface area (Å²) >= 11 is 0. The van der Waals surface area contributed by atoms with Crippen LogP contribution in [-0.2, 0) is 11.8 Å². The van der Waals surface area contributed by atoms with Crippen molar-refractivity contribution in [1.29, 1.82) is 0 Å². The fourth-order valence-electron chi connectivity index (χ4n) is 1.33. The number of methoxy groups -OCH3 is 1. The molecule has 88 valence electrons. The monoisotopic (exact) mass is 234 g/mol. The summed E-state index contributed by atoms with van der Waals surface area (Å²) in [6.45, 7) is 0. The smallest absolute Gasteiger partial charge is 0.373 e. The molecule has 2 rings (SSSR count). The average Bonchev–Trinajstić information content (AvgIpc) is 2.95. The predicted molar refractivity (Wildman–Crippen MR) is 56.7 cm³/mol. The molecule has 0 spiro atoms. The number of rotatable bonds is 3. The summed E-state index contributed by atoms with van der Waals surface area (Å²) in [7, 11) is 3.00. The maximum Gasteiger partial charge on any atom is 0.373 e. The zero-order valence-corrected chi connectivity index (χ0v) is 9.34. The number of hydrogen-bond acceptors (Lipinski definition) is 5. The van der Waals surface area contributed by atoms with Crippen LogP contribution >= 0.6 is 0 Å². The second-order valence-electron chi connectivity index (χ2n) is 3.41. The van der Waals surface area contributed by atoms with Crippen molar-refractivity contribution in [3.05, 3.63) is 41.9 Å². The molecule has 0 unspecified atom stereocenters. The lowest BCUT2D eigenvalue weighted by Crippen LogP contribution is -2.01. The minimum absolute atomic E-state index is 0.00761. The Morgan fingerprint density at radius 3 is 2.65 bits per heavy atom. The molecule has 2 aromatic rings. The molecular weight excluding hydrogens is 224 g/mol. The Hall–Kier alpha value is -2.37. The molecule has 0 N–H and O–H groups in total. The lowest BCUT2D eigenvalue weighted by molar-refractivity contribution is 0.0563. The molecule has 0 bridgehead atoms. The Balaban J connectivity index is 2.26. The van der Waals surface area contributed by atoms with Crippen LogP contribution in [0.15, 0.2) is 29.1 Å². The molecule has 0 radical (unpaired) electrons. The Bertz CT molecular complexity index is 568. The van der Waals surface area contributed by atoms with Gasteiger partial charge in [-0.1, -0.05) is 0 Å². The van der Waals surface area contributed by atoms with E-state index in [9.17, 15) is 9.59 Å². The van der Waals surface area contributed by atoms with Crippen LogP contribution in [0.5, 0.6) is 0 Å². The summed E-state index contributed by atoms with van der Waals surface area (Å²) in [5, 5.41) is 0. The van der Waals surface area contributed by atoms with E-state index in [-0.39, 0.29) is 23.0 Å². The van der Waals surface area contributed by atoms with Gasteiger partial charge in [0.05, 0.1) is 13.4 Å². The lowest BCUT2D eigenvalue weighted by atomic mass is 10.2. The Morgan fingerprint density at radius 2 is 2.06 bits per heavy atom. The molecule has 0 saturated carbocycles. The quantitative estimate of drug-likeness (QED) is 0.585. The summed E-state index contributed by atoms with van der Waals surface area (Å²) in [5.41, 5.74) is 0.262. The third-order valence-electron chi connectivity index (χ3n) is 2.15. The van der Waals surface area contributed by atoms with Gasteiger partial charge in [-0.05, 0) is 12.1 Å². The van der Waals surface area contributed by atoms with Gasteiger partial charge in [0.15, 0.2) is 5.76 Å². The minimum Gasteiger partial charge on any atom is -0.463 e. The molecule has 0 aliphatic carbocycles. The largest absolute Gasteiger partial charge is 0.463 e. The fraction of sp³-hybridized carbons (Fsp3) is 0.182. The number of carbonyl (C=O) groups excluding carboxylic acids is 2. The van der Waals surface area contributed by atoms with Crippen molar-refractivity contribution < 1.29 is 18.7 Å². The van der Waals surface area contributed by atoms with E-state index in [2.05, 4.69) is 9.72 Å². The van der Waals surface area contributed by atoms with Crippen LogP contribution in [0.4, 0.5) is 0 Å². The Labute approximate surface area is 96.8 Å². The standard InChI is InChI=1S/C11H10N2O4/c1-13-5-7(12-6-13)10(14)8-3-4-9(17-8)11(15)16-2/h3-6H,1-2H3. The summed E-state index contributed by atoms with van der Waals surface area (Å²) in [6.07, 6.45) is 3.08. The van der Waals surface area contributed by atoms with Crippen molar-refractivity contribution in [2.24, 2.45) is 7.05 Å². The van der Waals surface area contributed by atoms with Crippen molar-refractivity contribution in [2.45, 2.75) is 0 Å². The molecule has 2 heterocycles. The molecular formula is C11H10N2O4. The van der Waals surface area contributed by atoms with E-state index in [0.29, 0.717) is 0 Å². The minimum atomic E-state index is -0.620. The van der Waals surface area contributed by atoms with E-state index >= 15 is 0 Å². The van der Waals surface area contributed by atoms with Gasteiger partial charge in [-0.25, -0.2) is 9.78 Å². The van der Waals surface area contributed by atoms with Crippen LogP contribution in [0.25, 0.3) is 0 Å². The van der Waals surface area contributed by atoms with Crippen LogP contribution in [0.1, 0.15) is 26.8 Å². The lowest BCUT2D eigenvalue weighted by Gasteiger charge is -1.93. The highest BCUT2D eigenvalue weighted by Gasteiger charge is 2.18. The Kier molecular flexibility index (Phi) is 2.78. The van der Waals surface area contributed by atoms with Gasteiger partial charge in [0, 0.05) is 13.2 Å². The van der Waals surface area contributed by atoms with Crippen molar-refractivity contribution >= 4 is 11.8 Å². The van der Waals surface area contributed by atoms with Crippen molar-refractivity contribution in [3.63, 3.8) is 0 Å². The third kappa shape index (κ3) is 2.10. The molecule has 0 aromatic carbocycles. The van der Waals surface area contributed by atoms with Crippen LogP contribution < -0.4 is 0 Å². The molecule has 0 atom stereocenters. The highest BCUT2D eigenvalue weighted by Crippen LogP contribution is 2.13. The van der Waals surface area contributed by atoms with E-state index in [1.807, 2.05) is 0 Å².